The Morgan fingerprint density at radius 1 is 1.33 bits per heavy atom. The lowest BCUT2D eigenvalue weighted by Gasteiger charge is -2.19. The number of carbonyl (C=O) groups is 1. The Morgan fingerprint density at radius 3 is 2.67 bits per heavy atom. The van der Waals surface area contributed by atoms with Crippen molar-refractivity contribution in [3.8, 4) is 11.8 Å². The van der Waals surface area contributed by atoms with E-state index in [0.29, 0.717) is 22.2 Å². The molecule has 1 atom stereocenters. The summed E-state index contributed by atoms with van der Waals surface area (Å²) < 4.78 is 5.61. The Kier molecular flexibility index (Phi) is 5.57. The highest BCUT2D eigenvalue weighted by Gasteiger charge is 2.24. The summed E-state index contributed by atoms with van der Waals surface area (Å²) in [5.74, 6) is 1.06. The molecule has 3 rings (SSSR count). The van der Waals surface area contributed by atoms with Crippen LogP contribution in [0.3, 0.4) is 0 Å². The van der Waals surface area contributed by atoms with Gasteiger partial charge in [-0.25, -0.2) is 0 Å². The van der Waals surface area contributed by atoms with Gasteiger partial charge in [0.15, 0.2) is 6.61 Å². The number of rotatable bonds is 4. The lowest BCUT2D eigenvalue weighted by Crippen LogP contribution is -2.20. The molecule has 4 nitrogen and oxygen atoms in total. The van der Waals surface area contributed by atoms with Crippen molar-refractivity contribution in [2.24, 2.45) is 5.92 Å². The molecule has 1 aliphatic rings. The Bertz CT molecular complexity index is 869. The van der Waals surface area contributed by atoms with Gasteiger partial charge in [-0.05, 0) is 53.9 Å². The molecule has 0 aliphatic heterocycles. The maximum atomic E-state index is 12.3. The van der Waals surface area contributed by atoms with Crippen molar-refractivity contribution >= 4 is 22.2 Å². The van der Waals surface area contributed by atoms with Crippen molar-refractivity contribution in [3.63, 3.8) is 0 Å². The topological polar surface area (TPSA) is 62.1 Å². The predicted octanol–water partition coefficient (Wildman–Crippen LogP) is 5.06. The molecule has 1 amide bonds. The standard InChI is InChI=1S/C22H26N2O2S/c1-14-5-10-17-18(12-23)21(27-19(17)11-14)24-20(25)13-26-16-8-6-15(7-9-16)22(2,3)4/h6-9,14H,5,10-11,13H2,1-4H3,(H,24,25)/t14-/m1/s1. The Balaban J connectivity index is 1.62. The molecular weight excluding hydrogens is 356 g/mol. The van der Waals surface area contributed by atoms with Gasteiger partial charge in [0.05, 0.1) is 5.56 Å². The van der Waals surface area contributed by atoms with Gasteiger partial charge in [0, 0.05) is 4.88 Å². The van der Waals surface area contributed by atoms with Crippen LogP contribution in [0.1, 0.15) is 55.7 Å². The largest absolute Gasteiger partial charge is 0.484 e. The van der Waals surface area contributed by atoms with Crippen LogP contribution in [0.15, 0.2) is 24.3 Å². The van der Waals surface area contributed by atoms with Crippen LogP contribution < -0.4 is 10.1 Å². The first-order chi connectivity index (χ1) is 12.8. The quantitative estimate of drug-likeness (QED) is 0.804. The predicted molar refractivity (Wildman–Crippen MR) is 109 cm³/mol. The molecule has 1 aromatic carbocycles. The van der Waals surface area contributed by atoms with E-state index in [1.54, 1.807) is 0 Å². The van der Waals surface area contributed by atoms with Crippen LogP contribution in [-0.2, 0) is 23.1 Å². The molecule has 0 radical (unpaired) electrons. The number of ether oxygens (including phenoxy) is 1. The second-order valence-corrected chi connectivity index (χ2v) is 9.38. The Labute approximate surface area is 165 Å². The van der Waals surface area contributed by atoms with Crippen LogP contribution in [-0.4, -0.2) is 12.5 Å². The number of hydrogen-bond donors (Lipinski definition) is 1. The molecule has 1 heterocycles. The molecule has 0 saturated carbocycles. The highest BCUT2D eigenvalue weighted by Crippen LogP contribution is 2.39. The van der Waals surface area contributed by atoms with Gasteiger partial charge in [0.1, 0.15) is 16.8 Å². The van der Waals surface area contributed by atoms with E-state index >= 15 is 0 Å². The molecule has 27 heavy (non-hydrogen) atoms. The molecule has 1 aromatic heterocycles. The zero-order chi connectivity index (χ0) is 19.6. The third kappa shape index (κ3) is 4.51. The van der Waals surface area contributed by atoms with Gasteiger partial charge in [-0.2, -0.15) is 5.26 Å². The second kappa shape index (κ2) is 7.74. The third-order valence-electron chi connectivity index (χ3n) is 4.97. The molecule has 0 unspecified atom stereocenters. The number of anilines is 1. The zero-order valence-electron chi connectivity index (χ0n) is 16.4. The highest BCUT2D eigenvalue weighted by atomic mass is 32.1. The van der Waals surface area contributed by atoms with E-state index in [-0.39, 0.29) is 17.9 Å². The average molecular weight is 383 g/mol. The average Bonchev–Trinajstić information content (AvgIpc) is 2.95. The van der Waals surface area contributed by atoms with E-state index in [1.807, 2.05) is 24.3 Å². The van der Waals surface area contributed by atoms with E-state index in [4.69, 9.17) is 4.74 Å². The maximum Gasteiger partial charge on any atom is 0.262 e. The van der Waals surface area contributed by atoms with Gasteiger partial charge in [0.2, 0.25) is 0 Å². The zero-order valence-corrected chi connectivity index (χ0v) is 17.2. The molecule has 5 heteroatoms. The van der Waals surface area contributed by atoms with Crippen molar-refractivity contribution < 1.29 is 9.53 Å². The summed E-state index contributed by atoms with van der Waals surface area (Å²) in [7, 11) is 0. The van der Waals surface area contributed by atoms with Crippen LogP contribution >= 0.6 is 11.3 Å². The van der Waals surface area contributed by atoms with Gasteiger partial charge in [0.25, 0.3) is 5.91 Å². The summed E-state index contributed by atoms with van der Waals surface area (Å²) in [5.41, 5.74) is 3.05. The van der Waals surface area contributed by atoms with Crippen LogP contribution in [0, 0.1) is 17.2 Å². The molecule has 2 aromatic rings. The molecule has 0 spiro atoms. The normalized spacial score (nSPS) is 16.3. The second-order valence-electron chi connectivity index (χ2n) is 8.28. The Morgan fingerprint density at radius 2 is 2.04 bits per heavy atom. The fourth-order valence-corrected chi connectivity index (χ4v) is 4.70. The van der Waals surface area contributed by atoms with Crippen LogP contribution in [0.4, 0.5) is 5.00 Å². The molecule has 1 aliphatic carbocycles. The lowest BCUT2D eigenvalue weighted by atomic mass is 9.87. The number of nitrogens with zero attached hydrogens (tertiary/aromatic N) is 1. The Hall–Kier alpha value is -2.32. The number of amides is 1. The molecule has 0 saturated heterocycles. The fourth-order valence-electron chi connectivity index (χ4n) is 3.32. The molecule has 0 fully saturated rings. The maximum absolute atomic E-state index is 12.3. The van der Waals surface area contributed by atoms with E-state index < -0.39 is 0 Å². The first-order valence-electron chi connectivity index (χ1n) is 9.35. The van der Waals surface area contributed by atoms with Crippen molar-refractivity contribution in [2.45, 2.75) is 52.4 Å². The minimum Gasteiger partial charge on any atom is -0.484 e. The van der Waals surface area contributed by atoms with Gasteiger partial charge >= 0.3 is 0 Å². The number of carbonyl (C=O) groups excluding carboxylic acids is 1. The van der Waals surface area contributed by atoms with E-state index in [2.05, 4.69) is 39.1 Å². The number of nitrogens with one attached hydrogen (secondary N) is 1. The minimum absolute atomic E-state index is 0.0707. The summed E-state index contributed by atoms with van der Waals surface area (Å²) >= 11 is 1.53. The van der Waals surface area contributed by atoms with Crippen molar-refractivity contribution in [1.82, 2.24) is 0 Å². The van der Waals surface area contributed by atoms with Crippen molar-refractivity contribution in [3.05, 3.63) is 45.8 Å². The lowest BCUT2D eigenvalue weighted by molar-refractivity contribution is -0.118. The van der Waals surface area contributed by atoms with Crippen molar-refractivity contribution in [1.29, 1.82) is 5.26 Å². The van der Waals surface area contributed by atoms with Crippen LogP contribution in [0.5, 0.6) is 5.75 Å². The first-order valence-corrected chi connectivity index (χ1v) is 10.2. The van der Waals surface area contributed by atoms with Gasteiger partial charge in [-0.15, -0.1) is 11.3 Å². The first kappa shape index (κ1) is 19.4. The summed E-state index contributed by atoms with van der Waals surface area (Å²) in [5, 5.41) is 13.0. The SMILES string of the molecule is C[C@@H]1CCc2c(sc(NC(=O)COc3ccc(C(C)(C)C)cc3)c2C#N)C1. The van der Waals surface area contributed by atoms with Gasteiger partial charge < -0.3 is 10.1 Å². The number of benzene rings is 1. The van der Waals surface area contributed by atoms with Gasteiger partial charge in [-0.1, -0.05) is 39.8 Å². The summed E-state index contributed by atoms with van der Waals surface area (Å²) in [6.07, 6.45) is 3.00. The molecular formula is C22H26N2O2S. The number of fused-ring (bicyclic) bond motifs is 1. The highest BCUT2D eigenvalue weighted by molar-refractivity contribution is 7.16. The number of hydrogen-bond acceptors (Lipinski definition) is 4. The minimum atomic E-state index is -0.238. The van der Waals surface area contributed by atoms with E-state index in [1.165, 1.54) is 21.8 Å². The monoisotopic (exact) mass is 382 g/mol. The van der Waals surface area contributed by atoms with E-state index in [0.717, 1.165) is 24.8 Å². The van der Waals surface area contributed by atoms with Crippen LogP contribution in [0.25, 0.3) is 0 Å². The van der Waals surface area contributed by atoms with Crippen LogP contribution in [0.2, 0.25) is 0 Å². The smallest absolute Gasteiger partial charge is 0.262 e. The van der Waals surface area contributed by atoms with Crippen molar-refractivity contribution in [2.75, 3.05) is 11.9 Å². The molecule has 142 valence electrons. The molecule has 1 N–H and O–H groups in total. The van der Waals surface area contributed by atoms with E-state index in [9.17, 15) is 10.1 Å². The van der Waals surface area contributed by atoms with Gasteiger partial charge in [-0.3, -0.25) is 4.79 Å². The molecule has 0 bridgehead atoms. The number of thiophene rings is 1. The number of nitriles is 1. The summed E-state index contributed by atoms with van der Waals surface area (Å²) in [4.78, 5) is 13.6. The fraction of sp³-hybridized carbons (Fsp3) is 0.455. The third-order valence-corrected chi connectivity index (χ3v) is 6.14. The summed E-state index contributed by atoms with van der Waals surface area (Å²) in [6, 6.07) is 10.1. The summed E-state index contributed by atoms with van der Waals surface area (Å²) in [6.45, 7) is 8.63.